The molecule has 0 radical (unpaired) electrons. The van der Waals surface area contributed by atoms with Gasteiger partial charge in [-0.15, -0.1) is 0 Å². The molecule has 0 aliphatic carbocycles. The number of aliphatic hydroxyl groups excluding tert-OH is 3. The molecule has 10 heteroatoms. The van der Waals surface area contributed by atoms with Crippen LogP contribution >= 0.6 is 15.9 Å². The lowest BCUT2D eigenvalue weighted by Crippen LogP contribution is -2.33. The van der Waals surface area contributed by atoms with E-state index >= 15 is 0 Å². The quantitative estimate of drug-likeness (QED) is 0.496. The molecule has 1 fully saturated rings. The van der Waals surface area contributed by atoms with Crippen molar-refractivity contribution in [1.29, 1.82) is 0 Å². The van der Waals surface area contributed by atoms with Gasteiger partial charge >= 0.3 is 0 Å². The molecule has 4 atom stereocenters. The topological polar surface area (TPSA) is 140 Å². The van der Waals surface area contributed by atoms with Crippen LogP contribution in [0.1, 0.15) is 6.23 Å². The molecule has 1 saturated heterocycles. The van der Waals surface area contributed by atoms with Crippen LogP contribution in [-0.4, -0.2) is 59.8 Å². The minimum atomic E-state index is -1.22. The third kappa shape index (κ3) is 1.88. The first-order valence-corrected chi connectivity index (χ1v) is 6.60. The van der Waals surface area contributed by atoms with E-state index in [-0.39, 0.29) is 5.82 Å². The number of ether oxygens (including phenoxy) is 1. The van der Waals surface area contributed by atoms with Crippen molar-refractivity contribution in [2.75, 3.05) is 12.3 Å². The smallest absolute Gasteiger partial charge is 0.181 e. The highest BCUT2D eigenvalue weighted by molar-refractivity contribution is 9.10. The van der Waals surface area contributed by atoms with E-state index < -0.39 is 31.1 Å². The van der Waals surface area contributed by atoms with Gasteiger partial charge in [-0.05, 0) is 15.9 Å². The molecular formula is C10H12BrN5O4. The van der Waals surface area contributed by atoms with Gasteiger partial charge in [-0.25, -0.2) is 15.0 Å². The van der Waals surface area contributed by atoms with Gasteiger partial charge in [0.25, 0.3) is 0 Å². The minimum Gasteiger partial charge on any atom is -0.394 e. The van der Waals surface area contributed by atoms with Gasteiger partial charge in [0.2, 0.25) is 0 Å². The molecule has 5 N–H and O–H groups in total. The highest BCUT2D eigenvalue weighted by atomic mass is 79.9. The number of imidazole rings is 1. The van der Waals surface area contributed by atoms with E-state index in [1.807, 2.05) is 0 Å². The van der Waals surface area contributed by atoms with Crippen LogP contribution in [0.25, 0.3) is 11.2 Å². The summed E-state index contributed by atoms with van der Waals surface area (Å²) in [6.45, 7) is -0.407. The number of nitrogens with two attached hydrogens (primary N) is 1. The van der Waals surface area contributed by atoms with Crippen molar-refractivity contribution in [3.63, 3.8) is 0 Å². The lowest BCUT2D eigenvalue weighted by molar-refractivity contribution is -0.0521. The van der Waals surface area contributed by atoms with Gasteiger partial charge in [0, 0.05) is 0 Å². The van der Waals surface area contributed by atoms with Crippen LogP contribution in [0, 0.1) is 0 Å². The first-order chi connectivity index (χ1) is 9.54. The zero-order valence-corrected chi connectivity index (χ0v) is 11.7. The van der Waals surface area contributed by atoms with Gasteiger partial charge in [0.15, 0.2) is 27.9 Å². The van der Waals surface area contributed by atoms with Gasteiger partial charge in [-0.2, -0.15) is 0 Å². The SMILES string of the molecule is Nc1ncnc2c1nc(Br)n2[C@@H]1O[C@H](CO)[C@@H](O)[C@@H]1O. The number of hydrogen-bond donors (Lipinski definition) is 4. The fourth-order valence-corrected chi connectivity index (χ4v) is 2.77. The Bertz CT molecular complexity index is 650. The Balaban J connectivity index is 2.11. The van der Waals surface area contributed by atoms with Crippen LogP contribution in [0.2, 0.25) is 0 Å². The molecule has 0 bridgehead atoms. The molecule has 0 unspecified atom stereocenters. The number of anilines is 1. The molecule has 2 aromatic rings. The first kappa shape index (κ1) is 13.6. The van der Waals surface area contributed by atoms with Gasteiger partial charge in [-0.3, -0.25) is 4.57 Å². The normalized spacial score (nSPS) is 30.2. The predicted molar refractivity (Wildman–Crippen MR) is 70.4 cm³/mol. The van der Waals surface area contributed by atoms with Crippen molar-refractivity contribution in [3.05, 3.63) is 11.1 Å². The number of nitrogens with zero attached hydrogens (tertiary/aromatic N) is 4. The van der Waals surface area contributed by atoms with Gasteiger partial charge < -0.3 is 25.8 Å². The summed E-state index contributed by atoms with van der Waals surface area (Å²) in [5.41, 5.74) is 6.43. The minimum absolute atomic E-state index is 0.196. The molecule has 9 nitrogen and oxygen atoms in total. The van der Waals surface area contributed by atoms with E-state index in [1.54, 1.807) is 0 Å². The van der Waals surface area contributed by atoms with Crippen molar-refractivity contribution in [2.24, 2.45) is 0 Å². The molecule has 3 rings (SSSR count). The highest BCUT2D eigenvalue weighted by Crippen LogP contribution is 2.34. The Morgan fingerprint density at radius 2 is 2.10 bits per heavy atom. The average molecular weight is 346 g/mol. The number of nitrogen functional groups attached to an aromatic ring is 1. The van der Waals surface area contributed by atoms with Crippen LogP contribution in [-0.2, 0) is 4.74 Å². The highest BCUT2D eigenvalue weighted by Gasteiger charge is 2.44. The molecule has 0 amide bonds. The Morgan fingerprint density at radius 1 is 1.35 bits per heavy atom. The number of aromatic nitrogens is 4. The fraction of sp³-hybridized carbons (Fsp3) is 0.500. The molecule has 20 heavy (non-hydrogen) atoms. The van der Waals surface area contributed by atoms with Crippen LogP contribution in [0.15, 0.2) is 11.1 Å². The van der Waals surface area contributed by atoms with E-state index in [0.717, 1.165) is 0 Å². The Morgan fingerprint density at radius 3 is 2.75 bits per heavy atom. The summed E-state index contributed by atoms with van der Waals surface area (Å²) in [4.78, 5) is 12.1. The molecule has 1 aliphatic heterocycles. The lowest BCUT2D eigenvalue weighted by Gasteiger charge is -2.17. The Labute approximate surface area is 121 Å². The van der Waals surface area contributed by atoms with Crippen LogP contribution in [0.3, 0.4) is 0 Å². The van der Waals surface area contributed by atoms with Crippen molar-refractivity contribution in [3.8, 4) is 0 Å². The molecule has 108 valence electrons. The number of hydrogen-bond acceptors (Lipinski definition) is 8. The fourth-order valence-electron chi connectivity index (χ4n) is 2.22. The molecular weight excluding hydrogens is 334 g/mol. The standard InChI is InChI=1S/C10H12BrN5O4/c11-10-15-4-7(12)13-2-14-8(4)16(10)9-6(19)5(18)3(1-17)20-9/h2-3,5-6,9,17-19H,1H2,(H2,12,13,14)/t3-,5-,6+,9-/m1/s1. The zero-order chi connectivity index (χ0) is 14.4. The van der Waals surface area contributed by atoms with E-state index in [0.29, 0.717) is 15.9 Å². The summed E-state index contributed by atoms with van der Waals surface area (Å²) in [5.74, 6) is 0.196. The molecule has 0 aromatic carbocycles. The number of aliphatic hydroxyl groups is 3. The molecule has 3 heterocycles. The summed E-state index contributed by atoms with van der Waals surface area (Å²) in [6.07, 6.45) is -2.97. The maximum Gasteiger partial charge on any atom is 0.181 e. The summed E-state index contributed by atoms with van der Waals surface area (Å²) in [7, 11) is 0. The largest absolute Gasteiger partial charge is 0.394 e. The lowest BCUT2D eigenvalue weighted by atomic mass is 10.1. The summed E-state index contributed by atoms with van der Waals surface area (Å²) < 4.78 is 7.23. The van der Waals surface area contributed by atoms with Crippen molar-refractivity contribution >= 4 is 32.9 Å². The maximum absolute atomic E-state index is 10.1. The van der Waals surface area contributed by atoms with Crippen molar-refractivity contribution < 1.29 is 20.1 Å². The first-order valence-electron chi connectivity index (χ1n) is 5.81. The number of halogens is 1. The second kappa shape index (κ2) is 4.90. The third-order valence-corrected chi connectivity index (χ3v) is 3.79. The van der Waals surface area contributed by atoms with Crippen LogP contribution < -0.4 is 5.73 Å². The Kier molecular flexibility index (Phi) is 3.34. The average Bonchev–Trinajstić information content (AvgIpc) is 2.90. The predicted octanol–water partition coefficient (Wildman–Crippen LogP) is -1.22. The van der Waals surface area contributed by atoms with Gasteiger partial charge in [0.05, 0.1) is 6.61 Å². The van der Waals surface area contributed by atoms with Crippen LogP contribution in [0.4, 0.5) is 5.82 Å². The van der Waals surface area contributed by atoms with E-state index in [1.165, 1.54) is 10.9 Å². The summed E-state index contributed by atoms with van der Waals surface area (Å²) in [5, 5.41) is 29.0. The number of rotatable bonds is 2. The molecule has 0 spiro atoms. The monoisotopic (exact) mass is 345 g/mol. The Hall–Kier alpha value is -1.33. The maximum atomic E-state index is 10.1. The second-order valence-electron chi connectivity index (χ2n) is 4.41. The van der Waals surface area contributed by atoms with E-state index in [2.05, 4.69) is 30.9 Å². The molecule has 1 aliphatic rings. The third-order valence-electron chi connectivity index (χ3n) is 3.23. The summed E-state index contributed by atoms with van der Waals surface area (Å²) >= 11 is 3.24. The van der Waals surface area contributed by atoms with E-state index in [4.69, 9.17) is 15.6 Å². The van der Waals surface area contributed by atoms with Crippen molar-refractivity contribution in [1.82, 2.24) is 19.5 Å². The van der Waals surface area contributed by atoms with Gasteiger partial charge in [0.1, 0.15) is 24.6 Å². The number of fused-ring (bicyclic) bond motifs is 1. The molecule has 2 aromatic heterocycles. The van der Waals surface area contributed by atoms with Crippen LogP contribution in [0.5, 0.6) is 0 Å². The summed E-state index contributed by atoms with van der Waals surface area (Å²) in [6, 6.07) is 0. The van der Waals surface area contributed by atoms with Gasteiger partial charge in [-0.1, -0.05) is 0 Å². The molecule has 0 saturated carbocycles. The zero-order valence-electron chi connectivity index (χ0n) is 10.1. The van der Waals surface area contributed by atoms with Crippen molar-refractivity contribution in [2.45, 2.75) is 24.5 Å². The second-order valence-corrected chi connectivity index (χ2v) is 5.12. The van der Waals surface area contributed by atoms with E-state index in [9.17, 15) is 10.2 Å².